The summed E-state index contributed by atoms with van der Waals surface area (Å²) in [6, 6.07) is 11.0. The second-order valence-electron chi connectivity index (χ2n) is 6.58. The lowest BCUT2D eigenvalue weighted by Gasteiger charge is -2.36. The number of amides is 3. The van der Waals surface area contributed by atoms with E-state index in [0.29, 0.717) is 13.1 Å². The highest BCUT2D eigenvalue weighted by Crippen LogP contribution is 2.23. The van der Waals surface area contributed by atoms with Gasteiger partial charge < -0.3 is 9.80 Å². The first-order chi connectivity index (χ1) is 13.0. The monoisotopic (exact) mass is 370 g/mol. The molecular weight excluding hydrogens is 347 g/mol. The minimum absolute atomic E-state index is 0.274. The number of urea groups is 1. The van der Waals surface area contributed by atoms with E-state index in [9.17, 15) is 14.0 Å². The van der Waals surface area contributed by atoms with Crippen LogP contribution < -0.4 is 15.8 Å². The summed E-state index contributed by atoms with van der Waals surface area (Å²) in [6.45, 7) is 6.77. The summed E-state index contributed by atoms with van der Waals surface area (Å²) in [5, 5.41) is 0. The van der Waals surface area contributed by atoms with Crippen LogP contribution in [0.3, 0.4) is 0 Å². The first kappa shape index (κ1) is 18.7. The van der Waals surface area contributed by atoms with Crippen LogP contribution in [0.5, 0.6) is 0 Å². The van der Waals surface area contributed by atoms with E-state index >= 15 is 0 Å². The van der Waals surface area contributed by atoms with Gasteiger partial charge in [0.25, 0.3) is 5.91 Å². The molecule has 2 aromatic carbocycles. The predicted molar refractivity (Wildman–Crippen MR) is 102 cm³/mol. The van der Waals surface area contributed by atoms with E-state index in [2.05, 4.69) is 41.7 Å². The molecule has 2 N–H and O–H groups in total. The molecule has 1 aliphatic rings. The molecule has 0 aliphatic carbocycles. The molecule has 0 spiro atoms. The zero-order valence-electron chi connectivity index (χ0n) is 15.5. The number of nitrogens with one attached hydrogen (secondary N) is 2. The maximum Gasteiger partial charge on any atom is 0.336 e. The van der Waals surface area contributed by atoms with Crippen LogP contribution in [0.4, 0.5) is 14.9 Å². The number of aryl methyl sites for hydroxylation is 1. The molecule has 0 bridgehead atoms. The van der Waals surface area contributed by atoms with Gasteiger partial charge in [-0.25, -0.2) is 14.6 Å². The third-order valence-corrected chi connectivity index (χ3v) is 4.87. The molecule has 0 atom stereocenters. The molecule has 0 saturated carbocycles. The number of piperazine rings is 1. The number of nitrogens with zero attached hydrogens (tertiary/aromatic N) is 2. The zero-order valence-corrected chi connectivity index (χ0v) is 15.5. The fourth-order valence-electron chi connectivity index (χ4n) is 3.09. The molecular formula is C20H23FN4O2. The Hall–Kier alpha value is -3.09. The Morgan fingerprint density at radius 3 is 2.26 bits per heavy atom. The number of hydrazine groups is 1. The van der Waals surface area contributed by atoms with Crippen molar-refractivity contribution in [1.29, 1.82) is 0 Å². The quantitative estimate of drug-likeness (QED) is 0.799. The van der Waals surface area contributed by atoms with Crippen LogP contribution in [-0.4, -0.2) is 43.0 Å². The standard InChI is InChI=1S/C20H23FN4O2/c1-14-4-3-5-18(15(14)2)24-10-12-25(13-11-24)20(27)23-22-19(26)16-6-8-17(21)9-7-16/h3-9H,10-13H2,1-2H3,(H,22,26)(H,23,27). The van der Waals surface area contributed by atoms with Crippen molar-refractivity contribution in [1.82, 2.24) is 15.8 Å². The fourth-order valence-corrected chi connectivity index (χ4v) is 3.09. The summed E-state index contributed by atoms with van der Waals surface area (Å²) in [6.07, 6.45) is 0. The molecule has 27 heavy (non-hydrogen) atoms. The molecule has 142 valence electrons. The number of anilines is 1. The van der Waals surface area contributed by atoms with Gasteiger partial charge >= 0.3 is 6.03 Å². The van der Waals surface area contributed by atoms with Crippen LogP contribution in [0.2, 0.25) is 0 Å². The fraction of sp³-hybridized carbons (Fsp3) is 0.300. The summed E-state index contributed by atoms with van der Waals surface area (Å²) in [5.41, 5.74) is 8.74. The molecule has 1 saturated heterocycles. The minimum atomic E-state index is -0.489. The molecule has 1 fully saturated rings. The minimum Gasteiger partial charge on any atom is -0.368 e. The van der Waals surface area contributed by atoms with Crippen molar-refractivity contribution in [3.8, 4) is 0 Å². The molecule has 1 aliphatic heterocycles. The summed E-state index contributed by atoms with van der Waals surface area (Å²) >= 11 is 0. The zero-order chi connectivity index (χ0) is 19.4. The van der Waals surface area contributed by atoms with Crippen molar-refractivity contribution in [2.75, 3.05) is 31.1 Å². The SMILES string of the molecule is Cc1cccc(N2CCN(C(=O)NNC(=O)c3ccc(F)cc3)CC2)c1C. The van der Waals surface area contributed by atoms with Crippen molar-refractivity contribution < 1.29 is 14.0 Å². The lowest BCUT2D eigenvalue weighted by molar-refractivity contribution is 0.0929. The number of carbonyl (C=O) groups is 2. The topological polar surface area (TPSA) is 64.7 Å². The second kappa shape index (κ2) is 8.07. The highest BCUT2D eigenvalue weighted by atomic mass is 19.1. The number of hydrogen-bond donors (Lipinski definition) is 2. The van der Waals surface area contributed by atoms with Crippen molar-refractivity contribution in [3.05, 3.63) is 65.0 Å². The number of rotatable bonds is 2. The summed E-state index contributed by atoms with van der Waals surface area (Å²) < 4.78 is 12.9. The van der Waals surface area contributed by atoms with Gasteiger partial charge in [0.15, 0.2) is 0 Å². The van der Waals surface area contributed by atoms with Gasteiger partial charge in [0.1, 0.15) is 5.82 Å². The van der Waals surface area contributed by atoms with Crippen molar-refractivity contribution in [2.45, 2.75) is 13.8 Å². The third-order valence-electron chi connectivity index (χ3n) is 4.87. The second-order valence-corrected chi connectivity index (χ2v) is 6.58. The van der Waals surface area contributed by atoms with Gasteiger partial charge in [-0.05, 0) is 55.3 Å². The first-order valence-electron chi connectivity index (χ1n) is 8.87. The van der Waals surface area contributed by atoms with Gasteiger partial charge in [-0.2, -0.15) is 0 Å². The first-order valence-corrected chi connectivity index (χ1v) is 8.87. The van der Waals surface area contributed by atoms with Crippen LogP contribution in [0.1, 0.15) is 21.5 Å². The number of benzene rings is 2. The predicted octanol–water partition coefficient (Wildman–Crippen LogP) is 2.62. The number of halogens is 1. The van der Waals surface area contributed by atoms with Crippen molar-refractivity contribution in [3.63, 3.8) is 0 Å². The van der Waals surface area contributed by atoms with Crippen LogP contribution in [0.25, 0.3) is 0 Å². The van der Waals surface area contributed by atoms with Crippen molar-refractivity contribution in [2.24, 2.45) is 0 Å². The molecule has 0 radical (unpaired) electrons. The molecule has 2 aromatic rings. The van der Waals surface area contributed by atoms with E-state index in [4.69, 9.17) is 0 Å². The Morgan fingerprint density at radius 2 is 1.59 bits per heavy atom. The normalized spacial score (nSPS) is 14.0. The Balaban J connectivity index is 1.50. The molecule has 7 heteroatoms. The number of carbonyl (C=O) groups excluding carboxylic acids is 2. The Bertz CT molecular complexity index is 830. The van der Waals surface area contributed by atoms with E-state index in [-0.39, 0.29) is 11.6 Å². The van der Waals surface area contributed by atoms with Gasteiger partial charge in [0.2, 0.25) is 0 Å². The molecule has 1 heterocycles. The lowest BCUT2D eigenvalue weighted by Crippen LogP contribution is -2.55. The van der Waals surface area contributed by atoms with Gasteiger partial charge in [-0.15, -0.1) is 0 Å². The molecule has 3 amide bonds. The number of hydrogen-bond acceptors (Lipinski definition) is 3. The Kier molecular flexibility index (Phi) is 5.59. The highest BCUT2D eigenvalue weighted by molar-refractivity contribution is 5.95. The third kappa shape index (κ3) is 4.36. The molecule has 0 unspecified atom stereocenters. The van der Waals surface area contributed by atoms with E-state index in [1.54, 1.807) is 4.90 Å². The lowest BCUT2D eigenvalue weighted by atomic mass is 10.1. The average Bonchev–Trinajstić information content (AvgIpc) is 2.68. The van der Waals surface area contributed by atoms with Gasteiger partial charge in [-0.1, -0.05) is 12.1 Å². The molecule has 3 rings (SSSR count). The van der Waals surface area contributed by atoms with Gasteiger partial charge in [-0.3, -0.25) is 10.2 Å². The molecule has 0 aromatic heterocycles. The maximum absolute atomic E-state index is 12.9. The maximum atomic E-state index is 12.9. The average molecular weight is 370 g/mol. The molecule has 6 nitrogen and oxygen atoms in total. The van der Waals surface area contributed by atoms with E-state index in [1.165, 1.54) is 41.1 Å². The smallest absolute Gasteiger partial charge is 0.336 e. The van der Waals surface area contributed by atoms with E-state index < -0.39 is 11.7 Å². The highest BCUT2D eigenvalue weighted by Gasteiger charge is 2.22. The van der Waals surface area contributed by atoms with Crippen LogP contribution in [-0.2, 0) is 0 Å². The van der Waals surface area contributed by atoms with E-state index in [1.807, 2.05) is 6.07 Å². The van der Waals surface area contributed by atoms with Crippen LogP contribution >= 0.6 is 0 Å². The summed E-state index contributed by atoms with van der Waals surface area (Å²) in [5.74, 6) is -0.908. The van der Waals surface area contributed by atoms with E-state index in [0.717, 1.165) is 13.1 Å². The Morgan fingerprint density at radius 1 is 0.926 bits per heavy atom. The van der Waals surface area contributed by atoms with Crippen LogP contribution in [0, 0.1) is 19.7 Å². The van der Waals surface area contributed by atoms with Crippen LogP contribution in [0.15, 0.2) is 42.5 Å². The summed E-state index contributed by atoms with van der Waals surface area (Å²) in [7, 11) is 0. The van der Waals surface area contributed by atoms with Gasteiger partial charge in [0, 0.05) is 37.4 Å². The largest absolute Gasteiger partial charge is 0.368 e. The summed E-state index contributed by atoms with van der Waals surface area (Å²) in [4.78, 5) is 28.2. The Labute approximate surface area is 157 Å². The van der Waals surface area contributed by atoms with Crippen molar-refractivity contribution >= 4 is 17.6 Å². The van der Waals surface area contributed by atoms with Gasteiger partial charge in [0.05, 0.1) is 0 Å².